The van der Waals surface area contributed by atoms with E-state index >= 15 is 0 Å². The van der Waals surface area contributed by atoms with Gasteiger partial charge < -0.3 is 14.2 Å². The second kappa shape index (κ2) is 4.72. The van der Waals surface area contributed by atoms with Gasteiger partial charge in [0.1, 0.15) is 23.4 Å². The Kier molecular flexibility index (Phi) is 3.28. The summed E-state index contributed by atoms with van der Waals surface area (Å²) in [5, 5.41) is 0. The van der Waals surface area contributed by atoms with Crippen LogP contribution in [0, 0.1) is 0 Å². The minimum absolute atomic E-state index is 0.0690. The largest absolute Gasteiger partial charge is 0.496 e. The second-order valence-corrected chi connectivity index (χ2v) is 4.28. The van der Waals surface area contributed by atoms with E-state index in [1.807, 2.05) is 6.92 Å². The third-order valence-electron chi connectivity index (χ3n) is 3.09. The van der Waals surface area contributed by atoms with Gasteiger partial charge in [0.2, 0.25) is 0 Å². The number of benzene rings is 1. The van der Waals surface area contributed by atoms with E-state index in [4.69, 9.17) is 14.2 Å². The van der Waals surface area contributed by atoms with Gasteiger partial charge in [0.25, 0.3) is 0 Å². The van der Waals surface area contributed by atoms with Crippen molar-refractivity contribution in [2.45, 2.75) is 19.4 Å². The molecule has 2 rings (SSSR count). The second-order valence-electron chi connectivity index (χ2n) is 4.28. The number of carbonyl (C=O) groups excluding carboxylic acids is 1. The average molecular weight is 248 g/mol. The summed E-state index contributed by atoms with van der Waals surface area (Å²) in [6.07, 6.45) is 1.34. The van der Waals surface area contributed by atoms with Crippen LogP contribution in [0.5, 0.6) is 17.2 Å². The molecule has 1 aromatic rings. The van der Waals surface area contributed by atoms with Crippen LogP contribution in [0.4, 0.5) is 0 Å². The normalized spacial score (nSPS) is 16.7. The minimum atomic E-state index is -0.0690. The first kappa shape index (κ1) is 12.5. The van der Waals surface area contributed by atoms with E-state index in [2.05, 4.69) is 6.58 Å². The van der Waals surface area contributed by atoms with Gasteiger partial charge in [0.15, 0.2) is 6.29 Å². The molecule has 0 N–H and O–H groups in total. The number of carbonyl (C=O) groups is 1. The van der Waals surface area contributed by atoms with Crippen molar-refractivity contribution in [2.75, 3.05) is 14.2 Å². The number of methoxy groups -OCH3 is 2. The van der Waals surface area contributed by atoms with Gasteiger partial charge in [0.05, 0.1) is 19.8 Å². The summed E-state index contributed by atoms with van der Waals surface area (Å²) in [5.74, 6) is 1.69. The van der Waals surface area contributed by atoms with Gasteiger partial charge in [0, 0.05) is 18.1 Å². The van der Waals surface area contributed by atoms with Crippen LogP contribution in [-0.4, -0.2) is 26.6 Å². The first-order chi connectivity index (χ1) is 8.62. The highest BCUT2D eigenvalue weighted by Crippen LogP contribution is 2.43. The van der Waals surface area contributed by atoms with Crippen LogP contribution in [0.15, 0.2) is 18.2 Å². The number of aldehydes is 1. The van der Waals surface area contributed by atoms with Crippen molar-refractivity contribution in [3.8, 4) is 17.2 Å². The molecule has 0 saturated carbocycles. The molecule has 0 fully saturated rings. The van der Waals surface area contributed by atoms with E-state index in [1.54, 1.807) is 6.07 Å². The topological polar surface area (TPSA) is 44.8 Å². The SMILES string of the molecule is C=C(C)[C@H]1Cc2c(cc(OC)c(C=O)c2OC)O1. The first-order valence-electron chi connectivity index (χ1n) is 5.67. The fraction of sp³-hybridized carbons (Fsp3) is 0.357. The van der Waals surface area contributed by atoms with Crippen LogP contribution < -0.4 is 14.2 Å². The Morgan fingerprint density at radius 1 is 1.50 bits per heavy atom. The van der Waals surface area contributed by atoms with Gasteiger partial charge in [-0.1, -0.05) is 6.58 Å². The van der Waals surface area contributed by atoms with Crippen LogP contribution in [-0.2, 0) is 6.42 Å². The lowest BCUT2D eigenvalue weighted by molar-refractivity contribution is 0.111. The maximum absolute atomic E-state index is 11.2. The van der Waals surface area contributed by atoms with E-state index in [0.717, 1.165) is 17.4 Å². The molecular formula is C14H16O4. The molecule has 0 bridgehead atoms. The summed E-state index contributed by atoms with van der Waals surface area (Å²) in [7, 11) is 3.05. The van der Waals surface area contributed by atoms with Crippen LogP contribution in [0.25, 0.3) is 0 Å². The van der Waals surface area contributed by atoms with Crippen molar-refractivity contribution in [3.63, 3.8) is 0 Å². The number of hydrogen-bond acceptors (Lipinski definition) is 4. The van der Waals surface area contributed by atoms with Crippen molar-refractivity contribution in [1.82, 2.24) is 0 Å². The Morgan fingerprint density at radius 3 is 2.72 bits per heavy atom. The maximum Gasteiger partial charge on any atom is 0.157 e. The van der Waals surface area contributed by atoms with Crippen LogP contribution in [0.1, 0.15) is 22.8 Å². The predicted molar refractivity (Wildman–Crippen MR) is 67.9 cm³/mol. The lowest BCUT2D eigenvalue weighted by atomic mass is 10.0. The van der Waals surface area contributed by atoms with Gasteiger partial charge in [-0.15, -0.1) is 0 Å². The number of ether oxygens (including phenoxy) is 3. The number of rotatable bonds is 4. The van der Waals surface area contributed by atoms with Crippen LogP contribution in [0.3, 0.4) is 0 Å². The summed E-state index contributed by atoms with van der Waals surface area (Å²) in [6.45, 7) is 5.81. The maximum atomic E-state index is 11.2. The van der Waals surface area contributed by atoms with E-state index in [0.29, 0.717) is 29.2 Å². The molecule has 0 spiro atoms. The molecule has 0 unspecified atom stereocenters. The molecule has 1 aromatic carbocycles. The highest BCUT2D eigenvalue weighted by Gasteiger charge is 2.30. The molecule has 0 aromatic heterocycles. The Hall–Kier alpha value is -1.97. The van der Waals surface area contributed by atoms with E-state index < -0.39 is 0 Å². The molecule has 0 radical (unpaired) electrons. The molecule has 1 atom stereocenters. The third-order valence-corrected chi connectivity index (χ3v) is 3.09. The molecule has 96 valence electrons. The number of hydrogen-bond donors (Lipinski definition) is 0. The monoisotopic (exact) mass is 248 g/mol. The first-order valence-corrected chi connectivity index (χ1v) is 5.67. The smallest absolute Gasteiger partial charge is 0.157 e. The molecule has 1 heterocycles. The van der Waals surface area contributed by atoms with E-state index in [-0.39, 0.29) is 6.10 Å². The van der Waals surface area contributed by atoms with Crippen molar-refractivity contribution in [1.29, 1.82) is 0 Å². The molecule has 1 aliphatic rings. The summed E-state index contributed by atoms with van der Waals surface area (Å²) < 4.78 is 16.3. The summed E-state index contributed by atoms with van der Waals surface area (Å²) >= 11 is 0. The zero-order valence-corrected chi connectivity index (χ0v) is 10.8. The standard InChI is InChI=1S/C14H16O4/c1-8(2)11-5-9-13(18-11)6-12(16-3)10(7-15)14(9)17-4/h6-7,11H,1,5H2,2-4H3/t11-/m1/s1. The van der Waals surface area contributed by atoms with Crippen molar-refractivity contribution >= 4 is 6.29 Å². The van der Waals surface area contributed by atoms with Crippen LogP contribution in [0.2, 0.25) is 0 Å². The molecule has 1 aliphatic heterocycles. The lowest BCUT2D eigenvalue weighted by Crippen LogP contribution is -2.13. The Morgan fingerprint density at radius 2 is 2.22 bits per heavy atom. The van der Waals surface area contributed by atoms with E-state index in [9.17, 15) is 4.79 Å². The molecule has 0 saturated heterocycles. The van der Waals surface area contributed by atoms with Crippen molar-refractivity contribution in [3.05, 3.63) is 29.3 Å². The lowest BCUT2D eigenvalue weighted by Gasteiger charge is -2.12. The fourth-order valence-electron chi connectivity index (χ4n) is 2.14. The zero-order valence-electron chi connectivity index (χ0n) is 10.8. The van der Waals surface area contributed by atoms with Gasteiger partial charge >= 0.3 is 0 Å². The highest BCUT2D eigenvalue weighted by atomic mass is 16.5. The van der Waals surface area contributed by atoms with Gasteiger partial charge in [-0.2, -0.15) is 0 Å². The van der Waals surface area contributed by atoms with Gasteiger partial charge in [-0.25, -0.2) is 0 Å². The number of fused-ring (bicyclic) bond motifs is 1. The molecule has 18 heavy (non-hydrogen) atoms. The minimum Gasteiger partial charge on any atom is -0.496 e. The van der Waals surface area contributed by atoms with Gasteiger partial charge in [-0.3, -0.25) is 4.79 Å². The zero-order chi connectivity index (χ0) is 13.3. The Bertz CT molecular complexity index is 505. The predicted octanol–water partition coefficient (Wildman–Crippen LogP) is 2.40. The molecule has 4 heteroatoms. The summed E-state index contributed by atoms with van der Waals surface area (Å²) in [4.78, 5) is 11.2. The van der Waals surface area contributed by atoms with Gasteiger partial charge in [-0.05, 0) is 12.5 Å². The van der Waals surface area contributed by atoms with Crippen molar-refractivity contribution < 1.29 is 19.0 Å². The van der Waals surface area contributed by atoms with Crippen molar-refractivity contribution in [2.24, 2.45) is 0 Å². The Balaban J connectivity index is 2.56. The van der Waals surface area contributed by atoms with Crippen LogP contribution >= 0.6 is 0 Å². The molecular weight excluding hydrogens is 232 g/mol. The Labute approximate surface area is 106 Å². The molecule has 0 amide bonds. The third kappa shape index (κ3) is 1.83. The van der Waals surface area contributed by atoms with E-state index in [1.165, 1.54) is 14.2 Å². The average Bonchev–Trinajstić information content (AvgIpc) is 2.79. The quantitative estimate of drug-likeness (QED) is 0.606. The molecule has 4 nitrogen and oxygen atoms in total. The molecule has 0 aliphatic carbocycles. The summed E-state index contributed by atoms with van der Waals surface area (Å²) in [5.41, 5.74) is 2.26. The fourth-order valence-corrected chi connectivity index (χ4v) is 2.14. The summed E-state index contributed by atoms with van der Waals surface area (Å²) in [6, 6.07) is 1.73. The highest BCUT2D eigenvalue weighted by molar-refractivity contribution is 5.86.